The average Bonchev–Trinajstić information content (AvgIpc) is 1.96. The third kappa shape index (κ3) is 5.57. The summed E-state index contributed by atoms with van der Waals surface area (Å²) in [6.45, 7) is 5.40. The molecule has 5 heteroatoms. The van der Waals surface area contributed by atoms with E-state index in [4.69, 9.17) is 15.4 Å². The van der Waals surface area contributed by atoms with Gasteiger partial charge in [-0.3, -0.25) is 4.84 Å². The molecule has 1 atom stereocenters. The third-order valence-corrected chi connectivity index (χ3v) is 1.15. The van der Waals surface area contributed by atoms with Crippen molar-refractivity contribution in [3.05, 3.63) is 0 Å². The van der Waals surface area contributed by atoms with E-state index in [9.17, 15) is 4.79 Å². The smallest absolute Gasteiger partial charge is 0.340 e. The molecule has 0 amide bonds. The second-order valence-corrected chi connectivity index (χ2v) is 3.61. The van der Waals surface area contributed by atoms with Crippen LogP contribution in [0.25, 0.3) is 0 Å². The highest BCUT2D eigenvalue weighted by molar-refractivity contribution is 5.75. The van der Waals surface area contributed by atoms with Gasteiger partial charge >= 0.3 is 5.97 Å². The molecule has 0 aromatic rings. The predicted molar refractivity (Wildman–Crippen MR) is 46.8 cm³/mol. The van der Waals surface area contributed by atoms with Crippen LogP contribution in [0.2, 0.25) is 0 Å². The maximum atomic E-state index is 11.3. The van der Waals surface area contributed by atoms with Crippen molar-refractivity contribution in [2.75, 3.05) is 13.7 Å². The predicted octanol–water partition coefficient (Wildman–Crippen LogP) is 0.233. The van der Waals surface area contributed by atoms with Gasteiger partial charge in [0.25, 0.3) is 0 Å². The Morgan fingerprint density at radius 1 is 1.46 bits per heavy atom. The molecule has 0 saturated carbocycles. The second-order valence-electron chi connectivity index (χ2n) is 3.61. The Bertz CT molecular complexity index is 164. The van der Waals surface area contributed by atoms with Crippen molar-refractivity contribution in [2.24, 2.45) is 5.90 Å². The number of ether oxygens (including phenoxy) is 2. The van der Waals surface area contributed by atoms with Crippen LogP contribution in [0.1, 0.15) is 20.8 Å². The maximum absolute atomic E-state index is 11.3. The molecule has 0 aliphatic rings. The van der Waals surface area contributed by atoms with E-state index < -0.39 is 17.7 Å². The van der Waals surface area contributed by atoms with Gasteiger partial charge in [0.15, 0.2) is 6.10 Å². The second kappa shape index (κ2) is 5.16. The molecule has 0 radical (unpaired) electrons. The van der Waals surface area contributed by atoms with Crippen LogP contribution >= 0.6 is 0 Å². The summed E-state index contributed by atoms with van der Waals surface area (Å²) in [5.74, 6) is 4.38. The molecule has 1 unspecified atom stereocenters. The van der Waals surface area contributed by atoms with E-state index in [2.05, 4.69) is 4.84 Å². The Hall–Kier alpha value is -0.650. The fraction of sp³-hybridized carbons (Fsp3) is 0.875. The molecular weight excluding hydrogens is 174 g/mol. The van der Waals surface area contributed by atoms with Gasteiger partial charge in [0.05, 0.1) is 6.61 Å². The van der Waals surface area contributed by atoms with Gasteiger partial charge in [-0.15, -0.1) is 0 Å². The normalized spacial score (nSPS) is 13.9. The van der Waals surface area contributed by atoms with E-state index in [0.717, 1.165) is 0 Å². The fourth-order valence-corrected chi connectivity index (χ4v) is 0.682. The Labute approximate surface area is 78.1 Å². The summed E-state index contributed by atoms with van der Waals surface area (Å²) in [7, 11) is 1.45. The quantitative estimate of drug-likeness (QED) is 0.509. The molecule has 0 aliphatic carbocycles. The van der Waals surface area contributed by atoms with Gasteiger partial charge in [-0.1, -0.05) is 0 Å². The van der Waals surface area contributed by atoms with Crippen LogP contribution in [0.4, 0.5) is 0 Å². The minimum atomic E-state index is -0.857. The topological polar surface area (TPSA) is 70.8 Å². The lowest BCUT2D eigenvalue weighted by atomic mass is 10.2. The number of rotatable bonds is 4. The van der Waals surface area contributed by atoms with Crippen LogP contribution in [0.3, 0.4) is 0 Å². The maximum Gasteiger partial charge on any atom is 0.340 e. The van der Waals surface area contributed by atoms with Crippen LogP contribution in [0, 0.1) is 0 Å². The van der Waals surface area contributed by atoms with Crippen LogP contribution in [0.15, 0.2) is 0 Å². The summed E-state index contributed by atoms with van der Waals surface area (Å²) in [6.07, 6.45) is -0.857. The van der Waals surface area contributed by atoms with Gasteiger partial charge in [-0.25, -0.2) is 10.7 Å². The summed E-state index contributed by atoms with van der Waals surface area (Å²) < 4.78 is 9.74. The number of carbonyl (C=O) groups excluding carboxylic acids is 1. The van der Waals surface area contributed by atoms with Crippen LogP contribution in [-0.2, 0) is 19.1 Å². The summed E-state index contributed by atoms with van der Waals surface area (Å²) in [4.78, 5) is 15.7. The highest BCUT2D eigenvalue weighted by Crippen LogP contribution is 2.09. The lowest BCUT2D eigenvalue weighted by molar-refractivity contribution is -0.172. The fourth-order valence-electron chi connectivity index (χ4n) is 0.682. The molecule has 78 valence electrons. The van der Waals surface area contributed by atoms with Gasteiger partial charge < -0.3 is 9.47 Å². The van der Waals surface area contributed by atoms with Crippen molar-refractivity contribution in [3.63, 3.8) is 0 Å². The molecule has 0 spiro atoms. The number of carbonyl (C=O) groups is 1. The van der Waals surface area contributed by atoms with Crippen molar-refractivity contribution in [1.29, 1.82) is 0 Å². The highest BCUT2D eigenvalue weighted by Gasteiger charge is 2.25. The van der Waals surface area contributed by atoms with Crippen molar-refractivity contribution in [1.82, 2.24) is 0 Å². The number of esters is 1. The number of hydrogen-bond acceptors (Lipinski definition) is 5. The number of hydrogen-bond donors (Lipinski definition) is 1. The van der Waals surface area contributed by atoms with E-state index in [0.29, 0.717) is 0 Å². The summed E-state index contributed by atoms with van der Waals surface area (Å²) >= 11 is 0. The van der Waals surface area contributed by atoms with Gasteiger partial charge in [-0.2, -0.15) is 0 Å². The standard InChI is InChI=1S/C8H17NO4/c1-8(2,3)12-7(10)6(13-9)5-11-4/h6H,5,9H2,1-4H3. The summed E-state index contributed by atoms with van der Waals surface area (Å²) in [6, 6.07) is 0. The number of methoxy groups -OCH3 is 1. The lowest BCUT2D eigenvalue weighted by Crippen LogP contribution is -2.37. The molecule has 0 saturated heterocycles. The van der Waals surface area contributed by atoms with E-state index in [1.54, 1.807) is 20.8 Å². The Morgan fingerprint density at radius 3 is 2.31 bits per heavy atom. The van der Waals surface area contributed by atoms with Crippen molar-refractivity contribution < 1.29 is 19.1 Å². The molecule has 0 bridgehead atoms. The van der Waals surface area contributed by atoms with Crippen LogP contribution in [0.5, 0.6) is 0 Å². The molecule has 0 aliphatic heterocycles. The zero-order chi connectivity index (χ0) is 10.5. The first-order valence-electron chi connectivity index (χ1n) is 3.98. The molecule has 0 aromatic heterocycles. The van der Waals surface area contributed by atoms with E-state index in [-0.39, 0.29) is 6.61 Å². The molecule has 2 N–H and O–H groups in total. The number of nitrogens with two attached hydrogens (primary N) is 1. The van der Waals surface area contributed by atoms with E-state index >= 15 is 0 Å². The minimum absolute atomic E-state index is 0.0887. The first-order valence-corrected chi connectivity index (χ1v) is 3.98. The van der Waals surface area contributed by atoms with Crippen molar-refractivity contribution in [3.8, 4) is 0 Å². The first kappa shape index (κ1) is 12.3. The SMILES string of the molecule is COCC(ON)C(=O)OC(C)(C)C. The molecule has 13 heavy (non-hydrogen) atoms. The Morgan fingerprint density at radius 2 is 2.00 bits per heavy atom. The zero-order valence-corrected chi connectivity index (χ0v) is 8.49. The molecule has 0 heterocycles. The first-order chi connectivity index (χ1) is 5.90. The average molecular weight is 191 g/mol. The van der Waals surface area contributed by atoms with Crippen LogP contribution < -0.4 is 5.90 Å². The van der Waals surface area contributed by atoms with Crippen molar-refractivity contribution >= 4 is 5.97 Å². The molecular formula is C8H17NO4. The molecule has 0 rings (SSSR count). The van der Waals surface area contributed by atoms with Gasteiger partial charge in [0.2, 0.25) is 0 Å². The third-order valence-electron chi connectivity index (χ3n) is 1.15. The molecule has 0 fully saturated rings. The van der Waals surface area contributed by atoms with E-state index in [1.165, 1.54) is 7.11 Å². The lowest BCUT2D eigenvalue weighted by Gasteiger charge is -2.22. The largest absolute Gasteiger partial charge is 0.458 e. The molecule has 0 aromatic carbocycles. The molecule has 5 nitrogen and oxygen atoms in total. The summed E-state index contributed by atoms with van der Waals surface area (Å²) in [5.41, 5.74) is -0.540. The van der Waals surface area contributed by atoms with Gasteiger partial charge in [0, 0.05) is 7.11 Å². The monoisotopic (exact) mass is 191 g/mol. The van der Waals surface area contributed by atoms with E-state index in [1.807, 2.05) is 0 Å². The summed E-state index contributed by atoms with van der Waals surface area (Å²) in [5, 5.41) is 0. The Balaban J connectivity index is 4.06. The zero-order valence-electron chi connectivity index (χ0n) is 8.49. The van der Waals surface area contributed by atoms with Crippen molar-refractivity contribution in [2.45, 2.75) is 32.5 Å². The van der Waals surface area contributed by atoms with Gasteiger partial charge in [0.1, 0.15) is 5.60 Å². The minimum Gasteiger partial charge on any atom is -0.458 e. The highest BCUT2D eigenvalue weighted by atomic mass is 16.7. The van der Waals surface area contributed by atoms with Gasteiger partial charge in [-0.05, 0) is 20.8 Å². The Kier molecular flexibility index (Phi) is 4.90. The van der Waals surface area contributed by atoms with Crippen LogP contribution in [-0.4, -0.2) is 31.4 Å².